The van der Waals surface area contributed by atoms with Crippen molar-refractivity contribution in [3.63, 3.8) is 0 Å². The van der Waals surface area contributed by atoms with Gasteiger partial charge in [0.25, 0.3) is 20.2 Å². The third-order valence-electron chi connectivity index (χ3n) is 6.77. The van der Waals surface area contributed by atoms with Crippen LogP contribution in [-0.4, -0.2) is 65.2 Å². The predicted octanol–water partition coefficient (Wildman–Crippen LogP) is 3.64. The van der Waals surface area contributed by atoms with E-state index in [4.69, 9.17) is 9.11 Å². The molecule has 0 aromatic heterocycles. The van der Waals surface area contributed by atoms with E-state index in [1.54, 1.807) is 24.3 Å². The highest BCUT2D eigenvalue weighted by molar-refractivity contribution is 7.85. The molecule has 0 radical (unpaired) electrons. The van der Waals surface area contributed by atoms with Crippen molar-refractivity contribution < 1.29 is 25.9 Å². The average Bonchev–Trinajstić information content (AvgIpc) is 2.92. The molecule has 2 aromatic carbocycles. The molecule has 12 heteroatoms. The molecule has 0 aliphatic heterocycles. The molecule has 0 unspecified atom stereocenters. The van der Waals surface area contributed by atoms with Gasteiger partial charge >= 0.3 is 0 Å². The molecule has 2 rings (SSSR count). The second kappa shape index (κ2) is 20.9. The van der Waals surface area contributed by atoms with Crippen LogP contribution in [0.25, 0.3) is 0 Å². The van der Waals surface area contributed by atoms with Gasteiger partial charge in [-0.05, 0) is 87.2 Å². The van der Waals surface area contributed by atoms with Crippen molar-refractivity contribution in [2.75, 3.05) is 39.3 Å². The molecule has 0 atom stereocenters. The van der Waals surface area contributed by atoms with Crippen LogP contribution in [0.15, 0.2) is 48.5 Å². The van der Waals surface area contributed by atoms with Crippen LogP contribution in [0.3, 0.4) is 0 Å². The van der Waals surface area contributed by atoms with Crippen molar-refractivity contribution in [3.8, 4) is 0 Å². The van der Waals surface area contributed by atoms with Crippen molar-refractivity contribution in [1.29, 1.82) is 0 Å². The van der Waals surface area contributed by atoms with Gasteiger partial charge in [0, 0.05) is 13.1 Å². The first-order chi connectivity index (χ1) is 20.1. The molecule has 0 saturated carbocycles. The highest BCUT2D eigenvalue weighted by atomic mass is 32.2. The molecule has 238 valence electrons. The minimum Gasteiger partial charge on any atom is -0.317 e. The number of rotatable bonds is 25. The van der Waals surface area contributed by atoms with Crippen LogP contribution in [0, 0.1) is 0 Å². The van der Waals surface area contributed by atoms with E-state index < -0.39 is 20.2 Å². The van der Waals surface area contributed by atoms with Gasteiger partial charge < -0.3 is 21.3 Å². The van der Waals surface area contributed by atoms with Gasteiger partial charge in [0.05, 0.1) is 0 Å². The maximum absolute atomic E-state index is 10.9. The number of hydrogen-bond donors (Lipinski definition) is 6. The molecule has 0 spiro atoms. The molecule has 0 heterocycles. The maximum atomic E-state index is 10.9. The van der Waals surface area contributed by atoms with Gasteiger partial charge in [0.1, 0.15) is 11.5 Å². The lowest BCUT2D eigenvalue weighted by Crippen LogP contribution is -2.22. The first-order valence-electron chi connectivity index (χ1n) is 15.0. The summed E-state index contributed by atoms with van der Waals surface area (Å²) in [5, 5.41) is 13.8. The topological polar surface area (TPSA) is 157 Å². The Bertz CT molecular complexity index is 1100. The third kappa shape index (κ3) is 20.1. The van der Waals surface area contributed by atoms with E-state index in [9.17, 15) is 16.8 Å². The molecule has 2 aromatic rings. The third-order valence-corrected chi connectivity index (χ3v) is 8.17. The van der Waals surface area contributed by atoms with Crippen molar-refractivity contribution in [2.24, 2.45) is 0 Å². The maximum Gasteiger partial charge on any atom is 0.269 e. The van der Waals surface area contributed by atoms with Crippen molar-refractivity contribution in [3.05, 3.63) is 70.8 Å². The van der Waals surface area contributed by atoms with Crippen LogP contribution in [0.2, 0.25) is 0 Å². The summed E-state index contributed by atoms with van der Waals surface area (Å²) in [6.07, 6.45) is 9.63. The summed E-state index contributed by atoms with van der Waals surface area (Å²) in [7, 11) is -7.97. The van der Waals surface area contributed by atoms with Crippen molar-refractivity contribution >= 4 is 20.2 Å². The minimum absolute atomic E-state index is 0.349. The van der Waals surface area contributed by atoms with Gasteiger partial charge in [0.2, 0.25) is 0 Å². The van der Waals surface area contributed by atoms with E-state index >= 15 is 0 Å². The summed E-state index contributed by atoms with van der Waals surface area (Å²) in [6, 6.07) is 14.5. The van der Waals surface area contributed by atoms with Gasteiger partial charge in [-0.3, -0.25) is 9.11 Å². The summed E-state index contributed by atoms with van der Waals surface area (Å²) in [5.41, 5.74) is 3.35. The van der Waals surface area contributed by atoms with E-state index in [2.05, 4.69) is 21.3 Å². The highest BCUT2D eigenvalue weighted by Gasteiger charge is 2.07. The van der Waals surface area contributed by atoms with Crippen molar-refractivity contribution in [2.45, 2.75) is 76.0 Å². The molecular weight excluding hydrogens is 576 g/mol. The lowest BCUT2D eigenvalue weighted by atomic mass is 10.1. The molecule has 0 aliphatic rings. The molecule has 6 N–H and O–H groups in total. The minimum atomic E-state index is -3.99. The van der Waals surface area contributed by atoms with E-state index in [1.165, 1.54) is 38.5 Å². The number of benzene rings is 2. The fourth-order valence-electron chi connectivity index (χ4n) is 4.53. The standard InChI is InChI=1S/C30H50N4O6S2/c35-41(36,37)25-29-13-9-27(10-14-29)23-33-21-7-19-31-17-5-3-1-2-4-6-18-32-20-8-22-34-24-28-11-15-30(16-12-28)26-42(38,39)40/h9-16,31-34H,1-8,17-26H2,(H,35,36,37)(H,38,39,40). The Balaban J connectivity index is 1.28. The Morgan fingerprint density at radius 1 is 0.405 bits per heavy atom. The molecule has 42 heavy (non-hydrogen) atoms. The van der Waals surface area contributed by atoms with Crippen LogP contribution in [0.1, 0.15) is 73.6 Å². The predicted molar refractivity (Wildman–Crippen MR) is 169 cm³/mol. The Labute approximate surface area is 253 Å². The highest BCUT2D eigenvalue weighted by Crippen LogP contribution is 2.09. The molecule has 0 fully saturated rings. The first-order valence-corrected chi connectivity index (χ1v) is 18.2. The molecule has 0 amide bonds. The Hall–Kier alpha value is -1.90. The fourth-order valence-corrected chi connectivity index (χ4v) is 5.75. The van der Waals surface area contributed by atoms with Crippen LogP contribution >= 0.6 is 0 Å². The number of hydrogen-bond acceptors (Lipinski definition) is 8. The normalized spacial score (nSPS) is 12.1. The first kappa shape index (κ1) is 36.3. The van der Waals surface area contributed by atoms with Gasteiger partial charge in [0.15, 0.2) is 0 Å². The zero-order valence-corrected chi connectivity index (χ0v) is 26.3. The SMILES string of the molecule is O=S(=O)(O)Cc1ccc(CNCCCNCCCCCCCCNCCCNCc2ccc(CS(=O)(=O)O)cc2)cc1. The van der Waals surface area contributed by atoms with Gasteiger partial charge in [-0.15, -0.1) is 0 Å². The summed E-state index contributed by atoms with van der Waals surface area (Å²) >= 11 is 0. The van der Waals surface area contributed by atoms with E-state index in [-0.39, 0.29) is 11.5 Å². The van der Waals surface area contributed by atoms with E-state index in [1.807, 2.05) is 24.3 Å². The van der Waals surface area contributed by atoms with Crippen molar-refractivity contribution in [1.82, 2.24) is 21.3 Å². The smallest absolute Gasteiger partial charge is 0.269 e. The fraction of sp³-hybridized carbons (Fsp3) is 0.600. The molecule has 10 nitrogen and oxygen atoms in total. The second-order valence-electron chi connectivity index (χ2n) is 10.8. The molecular formula is C30H50N4O6S2. The second-order valence-corrected chi connectivity index (χ2v) is 13.7. The van der Waals surface area contributed by atoms with Crippen LogP contribution in [0.4, 0.5) is 0 Å². The largest absolute Gasteiger partial charge is 0.317 e. The van der Waals surface area contributed by atoms with Crippen LogP contribution in [0.5, 0.6) is 0 Å². The number of nitrogens with one attached hydrogen (secondary N) is 4. The quantitative estimate of drug-likeness (QED) is 0.0710. The lowest BCUT2D eigenvalue weighted by Gasteiger charge is -2.08. The van der Waals surface area contributed by atoms with E-state index in [0.29, 0.717) is 11.1 Å². The zero-order valence-electron chi connectivity index (χ0n) is 24.7. The van der Waals surface area contributed by atoms with Crippen LogP contribution < -0.4 is 21.3 Å². The Morgan fingerprint density at radius 2 is 0.690 bits per heavy atom. The Kier molecular flexibility index (Phi) is 18.1. The van der Waals surface area contributed by atoms with Gasteiger partial charge in [-0.25, -0.2) is 0 Å². The molecule has 0 aliphatic carbocycles. The Morgan fingerprint density at radius 3 is 1.05 bits per heavy atom. The monoisotopic (exact) mass is 626 g/mol. The van der Waals surface area contributed by atoms with Crippen LogP contribution in [-0.2, 0) is 44.8 Å². The van der Waals surface area contributed by atoms with Gasteiger partial charge in [-0.1, -0.05) is 74.2 Å². The summed E-state index contributed by atoms with van der Waals surface area (Å²) in [5.74, 6) is -0.698. The summed E-state index contributed by atoms with van der Waals surface area (Å²) in [6.45, 7) is 7.42. The average molecular weight is 627 g/mol. The van der Waals surface area contributed by atoms with E-state index in [0.717, 1.165) is 76.3 Å². The summed E-state index contributed by atoms with van der Waals surface area (Å²) in [4.78, 5) is 0. The number of unbranched alkanes of at least 4 members (excludes halogenated alkanes) is 5. The molecule has 0 bridgehead atoms. The molecule has 0 saturated heterocycles. The van der Waals surface area contributed by atoms with Gasteiger partial charge in [-0.2, -0.15) is 16.8 Å². The zero-order chi connectivity index (χ0) is 30.5. The lowest BCUT2D eigenvalue weighted by molar-refractivity contribution is 0.479. The summed E-state index contributed by atoms with van der Waals surface area (Å²) < 4.78 is 61.5.